The number of esters is 1. The third kappa shape index (κ3) is 8.93. The molecule has 2 amide bonds. The van der Waals surface area contributed by atoms with Crippen molar-refractivity contribution in [3.8, 4) is 0 Å². The molecule has 0 saturated carbocycles. The largest absolute Gasteiger partial charge is 0.481 e. The van der Waals surface area contributed by atoms with Crippen LogP contribution >= 0.6 is 23.2 Å². The molecule has 0 aromatic heterocycles. The van der Waals surface area contributed by atoms with E-state index in [0.29, 0.717) is 16.8 Å². The van der Waals surface area contributed by atoms with Crippen LogP contribution < -0.4 is 16.1 Å². The molecule has 0 radical (unpaired) electrons. The van der Waals surface area contributed by atoms with E-state index in [-0.39, 0.29) is 33.9 Å². The molecule has 3 atom stereocenters. The summed E-state index contributed by atoms with van der Waals surface area (Å²) in [5.74, 6) is -4.63. The molecule has 0 spiro atoms. The summed E-state index contributed by atoms with van der Waals surface area (Å²) < 4.78 is 5.12. The lowest BCUT2D eigenvalue weighted by molar-refractivity contribution is -0.148. The average molecular weight is 733 g/mol. The molecular weight excluding hydrogens is 697 g/mol. The van der Waals surface area contributed by atoms with Gasteiger partial charge in [-0.15, -0.1) is 0 Å². The van der Waals surface area contributed by atoms with Crippen LogP contribution in [0.2, 0.25) is 10.0 Å². The third-order valence-corrected chi connectivity index (χ3v) is 8.95. The molecule has 13 heteroatoms. The van der Waals surface area contributed by atoms with E-state index in [0.717, 1.165) is 10.8 Å². The van der Waals surface area contributed by atoms with Crippen molar-refractivity contribution in [2.75, 3.05) is 6.61 Å². The van der Waals surface area contributed by atoms with Gasteiger partial charge in [0.1, 0.15) is 6.04 Å². The Hall–Kier alpha value is -5.23. The van der Waals surface area contributed by atoms with Crippen molar-refractivity contribution in [2.45, 2.75) is 44.4 Å². The van der Waals surface area contributed by atoms with Crippen molar-refractivity contribution in [3.63, 3.8) is 0 Å². The quantitative estimate of drug-likeness (QED) is 0.120. The van der Waals surface area contributed by atoms with Gasteiger partial charge in [-0.2, -0.15) is 0 Å². The fraction of sp³-hybridized carbons (Fsp3) is 0.237. The number of fused-ring (bicyclic) bond motifs is 1. The van der Waals surface area contributed by atoms with Crippen LogP contribution in [-0.4, -0.2) is 58.9 Å². The molecule has 4 aromatic carbocycles. The van der Waals surface area contributed by atoms with Crippen molar-refractivity contribution < 1.29 is 38.7 Å². The number of halogens is 2. The number of nitrogens with one attached hydrogen (secondary N) is 3. The Kier molecular flexibility index (Phi) is 11.8. The molecule has 1 unspecified atom stereocenters. The first-order chi connectivity index (χ1) is 24.4. The van der Waals surface area contributed by atoms with Crippen molar-refractivity contribution in [1.29, 1.82) is 0 Å². The number of rotatable bonds is 14. The summed E-state index contributed by atoms with van der Waals surface area (Å²) in [6, 6.07) is 24.1. The predicted molar refractivity (Wildman–Crippen MR) is 191 cm³/mol. The summed E-state index contributed by atoms with van der Waals surface area (Å²) in [4.78, 5) is 71.3. The lowest BCUT2D eigenvalue weighted by Gasteiger charge is -2.27. The van der Waals surface area contributed by atoms with Gasteiger partial charge < -0.3 is 20.5 Å². The van der Waals surface area contributed by atoms with Crippen LogP contribution in [0.4, 0.5) is 0 Å². The zero-order valence-corrected chi connectivity index (χ0v) is 29.2. The van der Waals surface area contributed by atoms with Crippen LogP contribution in [0, 0.1) is 5.92 Å². The Morgan fingerprint density at radius 1 is 0.863 bits per heavy atom. The first-order valence-corrected chi connectivity index (χ1v) is 16.8. The zero-order chi connectivity index (χ0) is 36.7. The van der Waals surface area contributed by atoms with E-state index in [9.17, 15) is 29.1 Å². The minimum Gasteiger partial charge on any atom is -0.481 e. The molecule has 51 heavy (non-hydrogen) atoms. The van der Waals surface area contributed by atoms with Gasteiger partial charge in [-0.05, 0) is 52.6 Å². The summed E-state index contributed by atoms with van der Waals surface area (Å²) in [6.07, 6.45) is 0.701. The van der Waals surface area contributed by atoms with Crippen molar-refractivity contribution in [1.82, 2.24) is 16.1 Å². The zero-order valence-electron chi connectivity index (χ0n) is 27.7. The molecule has 4 aromatic rings. The number of carbonyl (C=O) groups is 5. The van der Waals surface area contributed by atoms with Gasteiger partial charge in [-0.25, -0.2) is 4.79 Å². The fourth-order valence-corrected chi connectivity index (χ4v) is 6.20. The number of aliphatic carboxylic acids is 1. The Labute approximate surface area is 303 Å². The molecule has 4 N–H and O–H groups in total. The average Bonchev–Trinajstić information content (AvgIpc) is 3.53. The van der Waals surface area contributed by atoms with Gasteiger partial charge in [0.25, 0.3) is 11.8 Å². The number of carboxylic acid groups (broad SMARTS) is 1. The molecular formula is C38H35Cl2N3O8. The molecule has 11 nitrogen and oxygen atoms in total. The van der Waals surface area contributed by atoms with Gasteiger partial charge in [0.15, 0.2) is 18.0 Å². The highest BCUT2D eigenvalue weighted by Crippen LogP contribution is 2.30. The minimum atomic E-state index is -1.78. The van der Waals surface area contributed by atoms with E-state index in [1.165, 1.54) is 24.3 Å². The highest BCUT2D eigenvalue weighted by molar-refractivity contribution is 6.39. The minimum absolute atomic E-state index is 0.000167. The normalized spacial score (nSPS) is 16.5. The van der Waals surface area contributed by atoms with E-state index in [2.05, 4.69) is 16.1 Å². The Balaban J connectivity index is 1.39. The molecule has 5 rings (SSSR count). The lowest BCUT2D eigenvalue weighted by atomic mass is 9.90. The molecule has 0 aliphatic carbocycles. The van der Waals surface area contributed by atoms with Crippen LogP contribution in [0.5, 0.6) is 0 Å². The number of ketones is 1. The number of carbonyl (C=O) groups excluding carboxylic acids is 4. The van der Waals surface area contributed by atoms with Crippen LogP contribution in [0.25, 0.3) is 10.8 Å². The second-order valence-corrected chi connectivity index (χ2v) is 13.2. The second-order valence-electron chi connectivity index (χ2n) is 12.4. The van der Waals surface area contributed by atoms with Gasteiger partial charge >= 0.3 is 11.9 Å². The Morgan fingerprint density at radius 2 is 1.53 bits per heavy atom. The van der Waals surface area contributed by atoms with Crippen LogP contribution in [0.1, 0.15) is 46.5 Å². The van der Waals surface area contributed by atoms with Gasteiger partial charge in [-0.1, -0.05) is 104 Å². The highest BCUT2D eigenvalue weighted by Gasteiger charge is 2.46. The summed E-state index contributed by atoms with van der Waals surface area (Å²) >= 11 is 12.1. The predicted octanol–water partition coefficient (Wildman–Crippen LogP) is 5.69. The van der Waals surface area contributed by atoms with E-state index in [1.54, 1.807) is 42.5 Å². The number of hydrogen-bond acceptors (Lipinski definition) is 8. The summed E-state index contributed by atoms with van der Waals surface area (Å²) in [5.41, 5.74) is 2.40. The van der Waals surface area contributed by atoms with Crippen LogP contribution in [-0.2, 0) is 30.4 Å². The smallest absolute Gasteiger partial charge is 0.341 e. The first kappa shape index (κ1) is 37.0. The Morgan fingerprint density at radius 3 is 2.20 bits per heavy atom. The summed E-state index contributed by atoms with van der Waals surface area (Å²) in [5, 5.41) is 17.0. The molecule has 1 aliphatic rings. The number of benzene rings is 4. The lowest BCUT2D eigenvalue weighted by Crippen LogP contribution is -2.54. The maximum atomic E-state index is 14.1. The molecule has 0 saturated heterocycles. The van der Waals surface area contributed by atoms with Crippen molar-refractivity contribution in [3.05, 3.63) is 130 Å². The van der Waals surface area contributed by atoms with E-state index < -0.39 is 54.3 Å². The number of hydroxylamine groups is 1. The third-order valence-electron chi connectivity index (χ3n) is 8.32. The second kappa shape index (κ2) is 16.2. The van der Waals surface area contributed by atoms with Gasteiger partial charge in [0, 0.05) is 12.0 Å². The van der Waals surface area contributed by atoms with Crippen molar-refractivity contribution >= 4 is 63.5 Å². The maximum absolute atomic E-state index is 14.1. The van der Waals surface area contributed by atoms with Gasteiger partial charge in [0.05, 0.1) is 33.8 Å². The number of carboxylic acids is 1. The number of ether oxygens (including phenoxy) is 1. The SMILES string of the molecule is CC(C)[C@H](NC(=O)c1ccc2ccccc2c1)C1=CC(Cc2ccccc2)(C(=O)N[C@@H](CC(=O)O)C(=O)COC(=O)c2c(Cl)cccc2Cl)ON1. The Bertz CT molecular complexity index is 1980. The first-order valence-electron chi connectivity index (χ1n) is 16.0. The molecule has 1 heterocycles. The molecule has 1 aliphatic heterocycles. The highest BCUT2D eigenvalue weighted by atomic mass is 35.5. The molecule has 0 bridgehead atoms. The topological polar surface area (TPSA) is 160 Å². The van der Waals surface area contributed by atoms with Crippen LogP contribution in [0.3, 0.4) is 0 Å². The number of hydrogen-bond donors (Lipinski definition) is 4. The monoisotopic (exact) mass is 731 g/mol. The van der Waals surface area contributed by atoms with Gasteiger partial charge in [-0.3, -0.25) is 29.5 Å². The molecule has 264 valence electrons. The summed E-state index contributed by atoms with van der Waals surface area (Å²) in [6.45, 7) is 2.91. The van der Waals surface area contributed by atoms with Crippen LogP contribution in [0.15, 0.2) is 103 Å². The number of Topliss-reactive ketones (excluding diaryl/α,β-unsaturated/α-hetero) is 1. The number of amides is 2. The summed E-state index contributed by atoms with van der Waals surface area (Å²) in [7, 11) is 0. The van der Waals surface area contributed by atoms with Crippen molar-refractivity contribution in [2.24, 2.45) is 5.92 Å². The maximum Gasteiger partial charge on any atom is 0.341 e. The molecule has 0 fully saturated rings. The van der Waals surface area contributed by atoms with E-state index in [4.69, 9.17) is 32.8 Å². The fourth-order valence-electron chi connectivity index (χ4n) is 5.65. The van der Waals surface area contributed by atoms with Gasteiger partial charge in [0.2, 0.25) is 0 Å². The van der Waals surface area contributed by atoms with E-state index in [1.807, 2.05) is 44.2 Å². The standard InChI is InChI=1S/C38H35Cl2N3O8/c1-22(2)34(42-35(47)26-16-15-24-11-6-7-12-25(24)17-26)30-20-38(51-43-30,19-23-9-4-3-5-10-23)37(49)41-29(18-32(45)46)31(44)21-50-36(48)33-27(39)13-8-14-28(33)40/h3-17,20,22,29,34,43H,18-19,21H2,1-2H3,(H,41,49)(H,42,47)(H,45,46)/t29-,34-,38?/m0/s1. The van der Waals surface area contributed by atoms with E-state index >= 15 is 0 Å².